The van der Waals surface area contributed by atoms with Crippen molar-refractivity contribution in [3.63, 3.8) is 0 Å². The van der Waals surface area contributed by atoms with E-state index >= 15 is 0 Å². The minimum absolute atomic E-state index is 0.592. The fraction of sp³-hybridized carbons (Fsp3) is 0. The second kappa shape index (κ2) is 12.5. The summed E-state index contributed by atoms with van der Waals surface area (Å²) in [6.07, 6.45) is 0. The molecule has 0 spiro atoms. The lowest BCUT2D eigenvalue weighted by atomic mass is 10.1. The van der Waals surface area contributed by atoms with E-state index < -0.39 is 8.07 Å². The fourth-order valence-corrected chi connectivity index (χ4v) is 12.2. The predicted molar refractivity (Wildman–Crippen MR) is 209 cm³/mol. The minimum atomic E-state index is -2.73. The molecule has 9 rings (SSSR count). The predicted octanol–water partition coefficient (Wildman–Crippen LogP) is 7.68. The van der Waals surface area contributed by atoms with Gasteiger partial charge < -0.3 is 0 Å². The molecular weight excluding hydrogens is 625 g/mol. The fourth-order valence-electron chi connectivity index (χ4n) is 7.38. The van der Waals surface area contributed by atoms with E-state index in [2.05, 4.69) is 138 Å². The molecule has 0 fully saturated rings. The lowest BCUT2D eigenvalue weighted by molar-refractivity contribution is 0.953. The van der Waals surface area contributed by atoms with Gasteiger partial charge in [0.15, 0.2) is 19.7 Å². The zero-order valence-electron chi connectivity index (χ0n) is 27.3. The third kappa shape index (κ3) is 4.95. The summed E-state index contributed by atoms with van der Waals surface area (Å²) in [6.45, 7) is 0. The molecule has 0 saturated heterocycles. The topological polar surface area (TPSA) is 43.6 Å². The van der Waals surface area contributed by atoms with Crippen molar-refractivity contribution in [1.29, 1.82) is 0 Å². The maximum Gasteiger partial charge on any atom is 0.238 e. The molecular formula is C45H32N4Si. The van der Waals surface area contributed by atoms with Gasteiger partial charge in [-0.05, 0) is 32.9 Å². The Morgan fingerprint density at radius 3 is 1.26 bits per heavy atom. The van der Waals surface area contributed by atoms with Gasteiger partial charge in [0.2, 0.25) is 5.95 Å². The van der Waals surface area contributed by atoms with Crippen molar-refractivity contribution in [3.05, 3.63) is 194 Å². The summed E-state index contributed by atoms with van der Waals surface area (Å²) in [6, 6.07) is 69.1. The Morgan fingerprint density at radius 2 is 0.760 bits per heavy atom. The maximum atomic E-state index is 5.14. The SMILES string of the molecule is c1ccc(-c2nc(-c3ccccc3)nc(-n3c4ccccc4c4cc([Si](c5ccccc5)(c5ccccc5)c5ccccc5)ccc43)n2)cc1. The van der Waals surface area contributed by atoms with E-state index in [1.54, 1.807) is 0 Å². The molecule has 0 aliphatic carbocycles. The van der Waals surface area contributed by atoms with E-state index in [4.69, 9.17) is 15.0 Å². The smallest absolute Gasteiger partial charge is 0.238 e. The van der Waals surface area contributed by atoms with E-state index in [-0.39, 0.29) is 0 Å². The average Bonchev–Trinajstić information content (AvgIpc) is 3.54. The molecule has 0 aliphatic heterocycles. The summed E-state index contributed by atoms with van der Waals surface area (Å²) in [5.41, 5.74) is 3.99. The van der Waals surface area contributed by atoms with Crippen LogP contribution >= 0.6 is 0 Å². The van der Waals surface area contributed by atoms with Crippen LogP contribution in [0.2, 0.25) is 0 Å². The van der Waals surface area contributed by atoms with Gasteiger partial charge in [-0.3, -0.25) is 4.57 Å². The largest absolute Gasteiger partial charge is 0.278 e. The summed E-state index contributed by atoms with van der Waals surface area (Å²) < 4.78 is 2.20. The van der Waals surface area contributed by atoms with Gasteiger partial charge in [-0.1, -0.05) is 182 Å². The van der Waals surface area contributed by atoms with E-state index in [1.165, 1.54) is 26.1 Å². The van der Waals surface area contributed by atoms with Crippen LogP contribution in [-0.4, -0.2) is 27.6 Å². The second-order valence-electron chi connectivity index (χ2n) is 12.4. The lowest BCUT2D eigenvalue weighted by Crippen LogP contribution is -2.74. The molecule has 0 atom stereocenters. The average molecular weight is 657 g/mol. The van der Waals surface area contributed by atoms with E-state index in [9.17, 15) is 0 Å². The molecule has 0 radical (unpaired) electrons. The summed E-state index contributed by atoms with van der Waals surface area (Å²) >= 11 is 0. The monoisotopic (exact) mass is 656 g/mol. The first kappa shape index (κ1) is 29.7. The number of aromatic nitrogens is 4. The normalized spacial score (nSPS) is 11.6. The molecule has 0 aliphatic rings. The Morgan fingerprint density at radius 1 is 0.340 bits per heavy atom. The molecule has 2 heterocycles. The highest BCUT2D eigenvalue weighted by atomic mass is 28.3. The molecule has 5 heteroatoms. The van der Waals surface area contributed by atoms with Crippen molar-refractivity contribution in [2.45, 2.75) is 0 Å². The number of rotatable bonds is 7. The molecule has 0 bridgehead atoms. The summed E-state index contributed by atoms with van der Waals surface area (Å²) in [7, 11) is -2.73. The van der Waals surface area contributed by atoms with E-state index in [0.717, 1.165) is 27.5 Å². The number of hydrogen-bond donors (Lipinski definition) is 0. The van der Waals surface area contributed by atoms with Crippen LogP contribution in [0.3, 0.4) is 0 Å². The highest BCUT2D eigenvalue weighted by molar-refractivity contribution is 7.20. The van der Waals surface area contributed by atoms with Crippen LogP contribution in [0.4, 0.5) is 0 Å². The molecule has 0 unspecified atom stereocenters. The quantitative estimate of drug-likeness (QED) is 0.131. The molecule has 0 saturated carbocycles. The summed E-state index contributed by atoms with van der Waals surface area (Å²) in [5.74, 6) is 1.87. The first-order chi connectivity index (χ1) is 24.8. The van der Waals surface area contributed by atoms with Gasteiger partial charge in [0, 0.05) is 21.9 Å². The number of benzene rings is 7. The minimum Gasteiger partial charge on any atom is -0.278 e. The van der Waals surface area contributed by atoms with Crippen LogP contribution < -0.4 is 20.7 Å². The Hall–Kier alpha value is -6.43. The molecule has 50 heavy (non-hydrogen) atoms. The molecule has 236 valence electrons. The number of hydrogen-bond acceptors (Lipinski definition) is 3. The van der Waals surface area contributed by atoms with Gasteiger partial charge in [-0.25, -0.2) is 4.98 Å². The number of para-hydroxylation sites is 1. The van der Waals surface area contributed by atoms with Crippen molar-refractivity contribution >= 4 is 50.6 Å². The van der Waals surface area contributed by atoms with Crippen LogP contribution in [0.5, 0.6) is 0 Å². The first-order valence-electron chi connectivity index (χ1n) is 16.9. The Kier molecular flexibility index (Phi) is 7.45. The van der Waals surface area contributed by atoms with E-state index in [0.29, 0.717) is 17.6 Å². The maximum absolute atomic E-state index is 5.14. The second-order valence-corrected chi connectivity index (χ2v) is 16.3. The summed E-state index contributed by atoms with van der Waals surface area (Å²) in [5, 5.41) is 7.68. The Labute approximate surface area is 292 Å². The van der Waals surface area contributed by atoms with Crippen molar-refractivity contribution in [1.82, 2.24) is 19.5 Å². The molecule has 2 aromatic heterocycles. The van der Waals surface area contributed by atoms with Crippen molar-refractivity contribution in [2.24, 2.45) is 0 Å². The number of fused-ring (bicyclic) bond motifs is 3. The molecule has 0 amide bonds. The van der Waals surface area contributed by atoms with Crippen LogP contribution in [0.1, 0.15) is 0 Å². The third-order valence-electron chi connectivity index (χ3n) is 9.61. The highest BCUT2D eigenvalue weighted by Crippen LogP contribution is 2.32. The molecule has 7 aromatic carbocycles. The van der Waals surface area contributed by atoms with Crippen molar-refractivity contribution in [2.75, 3.05) is 0 Å². The van der Waals surface area contributed by atoms with Crippen LogP contribution in [0.25, 0.3) is 50.5 Å². The lowest BCUT2D eigenvalue weighted by Gasteiger charge is -2.34. The van der Waals surface area contributed by atoms with Crippen LogP contribution in [0, 0.1) is 0 Å². The van der Waals surface area contributed by atoms with Gasteiger partial charge >= 0.3 is 0 Å². The third-order valence-corrected chi connectivity index (χ3v) is 14.4. The standard InChI is InChI=1S/C45H32N4Si/c1-6-18-33(19-7-1)43-46-44(34-20-8-2-9-21-34)48-45(47-43)49-41-29-17-16-28-39(41)40-32-38(30-31-42(40)49)50(35-22-10-3-11-23-35,36-24-12-4-13-25-36)37-26-14-5-15-27-37/h1-32H. The van der Waals surface area contributed by atoms with Gasteiger partial charge in [-0.15, -0.1) is 0 Å². The van der Waals surface area contributed by atoms with Crippen LogP contribution in [0.15, 0.2) is 194 Å². The van der Waals surface area contributed by atoms with Crippen molar-refractivity contribution < 1.29 is 0 Å². The van der Waals surface area contributed by atoms with Gasteiger partial charge in [0.1, 0.15) is 0 Å². The first-order valence-corrected chi connectivity index (χ1v) is 18.9. The van der Waals surface area contributed by atoms with Gasteiger partial charge in [0.25, 0.3) is 0 Å². The van der Waals surface area contributed by atoms with E-state index in [1.807, 2.05) is 60.7 Å². The number of nitrogens with zero attached hydrogens (tertiary/aromatic N) is 4. The zero-order valence-corrected chi connectivity index (χ0v) is 28.3. The Balaban J connectivity index is 1.34. The van der Waals surface area contributed by atoms with Crippen LogP contribution in [-0.2, 0) is 0 Å². The zero-order chi connectivity index (χ0) is 33.3. The Bertz CT molecular complexity index is 2420. The van der Waals surface area contributed by atoms with Gasteiger partial charge in [-0.2, -0.15) is 9.97 Å². The highest BCUT2D eigenvalue weighted by Gasteiger charge is 2.41. The molecule has 9 aromatic rings. The van der Waals surface area contributed by atoms with Crippen molar-refractivity contribution in [3.8, 4) is 28.7 Å². The molecule has 4 nitrogen and oxygen atoms in total. The summed E-state index contributed by atoms with van der Waals surface area (Å²) in [4.78, 5) is 15.2. The molecule has 0 N–H and O–H groups in total. The van der Waals surface area contributed by atoms with Gasteiger partial charge in [0.05, 0.1) is 11.0 Å².